The molecule has 2 aliphatic carbocycles. The number of benzene rings is 1. The van der Waals surface area contributed by atoms with Crippen molar-refractivity contribution in [2.75, 3.05) is 0 Å². The van der Waals surface area contributed by atoms with E-state index in [2.05, 4.69) is 34.8 Å². The summed E-state index contributed by atoms with van der Waals surface area (Å²) < 4.78 is 2.22. The largest absolute Gasteiger partial charge is 0.337 e. The van der Waals surface area contributed by atoms with Gasteiger partial charge in [-0.3, -0.25) is 0 Å². The first-order valence-corrected chi connectivity index (χ1v) is 8.86. The zero-order chi connectivity index (χ0) is 15.2. The first-order valence-electron chi connectivity index (χ1n) is 8.48. The number of imidazole rings is 1. The summed E-state index contributed by atoms with van der Waals surface area (Å²) in [6, 6.07) is 4.40. The Morgan fingerprint density at radius 1 is 1.41 bits per heavy atom. The molecule has 2 aromatic rings. The lowest BCUT2D eigenvalue weighted by Gasteiger charge is -2.46. The Kier molecular flexibility index (Phi) is 3.53. The summed E-state index contributed by atoms with van der Waals surface area (Å²) in [6.45, 7) is 3.42. The summed E-state index contributed by atoms with van der Waals surface area (Å²) in [5.41, 5.74) is 4.98. The Labute approximate surface area is 137 Å². The van der Waals surface area contributed by atoms with Crippen LogP contribution in [-0.4, -0.2) is 9.55 Å². The summed E-state index contributed by atoms with van der Waals surface area (Å²) in [5.74, 6) is 0.660. The number of nitrogens with zero attached hydrogens (tertiary/aromatic N) is 2. The van der Waals surface area contributed by atoms with Crippen LogP contribution in [0.4, 0.5) is 0 Å². The fourth-order valence-electron chi connectivity index (χ4n) is 4.92. The predicted molar refractivity (Wildman–Crippen MR) is 90.4 cm³/mol. The molecule has 0 fully saturated rings. The van der Waals surface area contributed by atoms with Gasteiger partial charge < -0.3 is 4.57 Å². The summed E-state index contributed by atoms with van der Waals surface area (Å²) in [5, 5.41) is 0.980. The Bertz CT molecular complexity index is 677. The van der Waals surface area contributed by atoms with Crippen LogP contribution in [0.1, 0.15) is 49.3 Å². The maximum absolute atomic E-state index is 6.61. The van der Waals surface area contributed by atoms with Crippen molar-refractivity contribution in [1.82, 2.24) is 9.55 Å². The van der Waals surface area contributed by atoms with Crippen molar-refractivity contribution in [3.8, 4) is 0 Å². The van der Waals surface area contributed by atoms with E-state index in [4.69, 9.17) is 11.6 Å². The van der Waals surface area contributed by atoms with Crippen LogP contribution in [-0.2, 0) is 24.8 Å². The molecule has 1 aromatic heterocycles. The van der Waals surface area contributed by atoms with Crippen molar-refractivity contribution in [2.24, 2.45) is 5.92 Å². The lowest BCUT2D eigenvalue weighted by atomic mass is 9.59. The molecule has 0 bridgehead atoms. The molecular formula is C19H23ClN2. The zero-order valence-corrected chi connectivity index (χ0v) is 13.9. The normalized spacial score (nSPS) is 26.7. The minimum absolute atomic E-state index is 0.358. The summed E-state index contributed by atoms with van der Waals surface area (Å²) in [6.07, 6.45) is 13.4. The van der Waals surface area contributed by atoms with E-state index in [1.54, 1.807) is 11.1 Å². The Morgan fingerprint density at radius 2 is 2.32 bits per heavy atom. The predicted octanol–water partition coefficient (Wildman–Crippen LogP) is 4.78. The molecular weight excluding hydrogens is 292 g/mol. The molecule has 116 valence electrons. The average molecular weight is 315 g/mol. The van der Waals surface area contributed by atoms with Crippen LogP contribution in [0.5, 0.6) is 0 Å². The lowest BCUT2D eigenvalue weighted by molar-refractivity contribution is 0.226. The quantitative estimate of drug-likeness (QED) is 0.797. The smallest absolute Gasteiger partial charge is 0.0945 e. The molecule has 4 rings (SSSR count). The molecule has 0 saturated carbocycles. The molecule has 0 radical (unpaired) electrons. The monoisotopic (exact) mass is 314 g/mol. The van der Waals surface area contributed by atoms with Gasteiger partial charge in [0.25, 0.3) is 0 Å². The van der Waals surface area contributed by atoms with Crippen LogP contribution in [0.25, 0.3) is 0 Å². The van der Waals surface area contributed by atoms with E-state index in [0.717, 1.165) is 18.0 Å². The molecule has 2 atom stereocenters. The van der Waals surface area contributed by atoms with E-state index < -0.39 is 0 Å². The fraction of sp³-hybridized carbons (Fsp3) is 0.526. The zero-order valence-electron chi connectivity index (χ0n) is 13.2. The molecule has 0 saturated heterocycles. The SMILES string of the molecule is CCC12CCCc3ccc(Cl)c(c31)CC(Cn1ccnc1)C2. The first kappa shape index (κ1) is 14.3. The molecule has 0 amide bonds. The summed E-state index contributed by atoms with van der Waals surface area (Å²) in [7, 11) is 0. The lowest BCUT2D eigenvalue weighted by Crippen LogP contribution is -2.39. The van der Waals surface area contributed by atoms with Gasteiger partial charge in [-0.25, -0.2) is 4.98 Å². The van der Waals surface area contributed by atoms with Gasteiger partial charge in [0.15, 0.2) is 0 Å². The second-order valence-corrected chi connectivity index (χ2v) is 7.49. The molecule has 2 nitrogen and oxygen atoms in total. The van der Waals surface area contributed by atoms with Crippen LogP contribution in [0.2, 0.25) is 5.02 Å². The molecule has 3 heteroatoms. The van der Waals surface area contributed by atoms with Gasteiger partial charge in [-0.2, -0.15) is 0 Å². The maximum atomic E-state index is 6.61. The van der Waals surface area contributed by atoms with Crippen molar-refractivity contribution < 1.29 is 0 Å². The molecule has 0 aliphatic heterocycles. The molecule has 0 spiro atoms. The highest BCUT2D eigenvalue weighted by molar-refractivity contribution is 6.31. The standard InChI is InChI=1S/C19H23ClN2/c1-2-19-7-3-4-15-5-6-17(20)16(18(15)19)10-14(11-19)12-22-9-8-21-13-22/h5-6,8-9,13-14H,2-4,7,10-12H2,1H3. The highest BCUT2D eigenvalue weighted by Gasteiger charge is 2.42. The Hall–Kier alpha value is -1.28. The van der Waals surface area contributed by atoms with Crippen LogP contribution in [0, 0.1) is 5.92 Å². The van der Waals surface area contributed by atoms with Gasteiger partial charge in [0, 0.05) is 24.0 Å². The van der Waals surface area contributed by atoms with Gasteiger partial charge in [0.2, 0.25) is 0 Å². The van der Waals surface area contributed by atoms with Gasteiger partial charge in [-0.05, 0) is 72.6 Å². The average Bonchev–Trinajstić information content (AvgIpc) is 3.03. The maximum Gasteiger partial charge on any atom is 0.0945 e. The minimum atomic E-state index is 0.358. The third-order valence-electron chi connectivity index (χ3n) is 5.85. The number of aromatic nitrogens is 2. The summed E-state index contributed by atoms with van der Waals surface area (Å²) >= 11 is 6.61. The van der Waals surface area contributed by atoms with E-state index in [0.29, 0.717) is 11.3 Å². The number of aryl methyl sites for hydroxylation is 1. The van der Waals surface area contributed by atoms with E-state index in [9.17, 15) is 0 Å². The van der Waals surface area contributed by atoms with Crippen LogP contribution in [0.15, 0.2) is 30.9 Å². The third-order valence-corrected chi connectivity index (χ3v) is 6.21. The topological polar surface area (TPSA) is 17.8 Å². The summed E-state index contributed by atoms with van der Waals surface area (Å²) in [4.78, 5) is 4.19. The Morgan fingerprint density at radius 3 is 3.09 bits per heavy atom. The van der Waals surface area contributed by atoms with Crippen LogP contribution < -0.4 is 0 Å². The van der Waals surface area contributed by atoms with Crippen molar-refractivity contribution in [3.63, 3.8) is 0 Å². The first-order chi connectivity index (χ1) is 10.7. The van der Waals surface area contributed by atoms with E-state index in [1.807, 2.05) is 12.5 Å². The van der Waals surface area contributed by atoms with E-state index in [-0.39, 0.29) is 0 Å². The highest BCUT2D eigenvalue weighted by Crippen LogP contribution is 2.51. The van der Waals surface area contributed by atoms with Crippen molar-refractivity contribution in [1.29, 1.82) is 0 Å². The molecule has 2 aliphatic rings. The van der Waals surface area contributed by atoms with Crippen molar-refractivity contribution in [2.45, 2.75) is 57.4 Å². The number of hydrogen-bond acceptors (Lipinski definition) is 1. The van der Waals surface area contributed by atoms with Gasteiger partial charge in [-0.1, -0.05) is 24.6 Å². The number of rotatable bonds is 3. The Balaban J connectivity index is 1.77. The van der Waals surface area contributed by atoms with Gasteiger partial charge in [0.1, 0.15) is 0 Å². The van der Waals surface area contributed by atoms with Crippen LogP contribution >= 0.6 is 11.6 Å². The molecule has 22 heavy (non-hydrogen) atoms. The highest BCUT2D eigenvalue weighted by atomic mass is 35.5. The molecule has 2 unspecified atom stereocenters. The van der Waals surface area contributed by atoms with Crippen LogP contribution in [0.3, 0.4) is 0 Å². The number of halogens is 1. The molecule has 1 heterocycles. The second kappa shape index (κ2) is 5.42. The van der Waals surface area contributed by atoms with E-state index in [1.165, 1.54) is 37.7 Å². The number of hydrogen-bond donors (Lipinski definition) is 0. The van der Waals surface area contributed by atoms with E-state index >= 15 is 0 Å². The van der Waals surface area contributed by atoms with Gasteiger partial charge in [-0.15, -0.1) is 0 Å². The molecule has 0 N–H and O–H groups in total. The minimum Gasteiger partial charge on any atom is -0.337 e. The molecule has 1 aromatic carbocycles. The second-order valence-electron chi connectivity index (χ2n) is 7.08. The fourth-order valence-corrected chi connectivity index (χ4v) is 5.15. The third kappa shape index (κ3) is 2.20. The van der Waals surface area contributed by atoms with Gasteiger partial charge >= 0.3 is 0 Å². The van der Waals surface area contributed by atoms with Crippen molar-refractivity contribution in [3.05, 3.63) is 52.6 Å². The van der Waals surface area contributed by atoms with Crippen molar-refractivity contribution >= 4 is 11.6 Å². The van der Waals surface area contributed by atoms with Gasteiger partial charge in [0.05, 0.1) is 6.33 Å².